The van der Waals surface area contributed by atoms with Gasteiger partial charge in [-0.2, -0.15) is 0 Å². The van der Waals surface area contributed by atoms with E-state index in [1.165, 1.54) is 12.8 Å². The molecule has 5 N–H and O–H groups in total. The summed E-state index contributed by atoms with van der Waals surface area (Å²) in [5.74, 6) is 0.920. The van der Waals surface area contributed by atoms with E-state index in [-0.39, 0.29) is 24.1 Å². The van der Waals surface area contributed by atoms with E-state index in [0.717, 1.165) is 29.8 Å². The van der Waals surface area contributed by atoms with Crippen LogP contribution in [0.2, 0.25) is 0 Å². The van der Waals surface area contributed by atoms with E-state index >= 15 is 0 Å². The van der Waals surface area contributed by atoms with E-state index in [1.54, 1.807) is 0 Å². The lowest BCUT2D eigenvalue weighted by Crippen LogP contribution is -2.76. The van der Waals surface area contributed by atoms with Crippen LogP contribution in [-0.4, -0.2) is 51.9 Å². The Balaban J connectivity index is 1.39. The molecule has 4 atom stereocenters. The highest BCUT2D eigenvalue weighted by Gasteiger charge is 2.73. The minimum atomic E-state index is -1.23. The number of aromatic hydroxyl groups is 1. The average Bonchev–Trinajstić information content (AvgIpc) is 3.58. The first-order valence-corrected chi connectivity index (χ1v) is 12.7. The number of carbonyl (C=O) groups excluding carboxylic acids is 1. The summed E-state index contributed by atoms with van der Waals surface area (Å²) in [7, 11) is 0. The second kappa shape index (κ2) is 7.02. The fourth-order valence-electron chi connectivity index (χ4n) is 7.38. The van der Waals surface area contributed by atoms with Gasteiger partial charge in [-0.3, -0.25) is 9.69 Å². The molecule has 2 aromatic rings. The number of nitrogens with zero attached hydrogens (tertiary/aromatic N) is 1. The zero-order valence-corrected chi connectivity index (χ0v) is 19.9. The van der Waals surface area contributed by atoms with Crippen molar-refractivity contribution in [3.05, 3.63) is 64.4 Å². The number of nitrogens with two attached hydrogens (primary N) is 1. The van der Waals surface area contributed by atoms with Gasteiger partial charge in [0.05, 0.1) is 16.7 Å². The predicted molar refractivity (Wildman–Crippen MR) is 131 cm³/mol. The molecule has 1 amide bonds. The SMILES string of the molecule is Cc1cc2c3c(c1O)O[C@H]1C(N)=C(C(=O)Nc4ccccc4)C[C@@]4(O)[C@@H](C2)N(CC2CC2)CC[C@]314. The largest absolute Gasteiger partial charge is 0.504 e. The molecule has 7 nitrogen and oxygen atoms in total. The molecule has 2 fully saturated rings. The van der Waals surface area contributed by atoms with E-state index in [4.69, 9.17) is 10.5 Å². The zero-order chi connectivity index (χ0) is 24.1. The first-order valence-electron chi connectivity index (χ1n) is 12.7. The van der Waals surface area contributed by atoms with Crippen LogP contribution in [0.4, 0.5) is 5.69 Å². The number of rotatable bonds is 4. The Bertz CT molecular complexity index is 1290. The van der Waals surface area contributed by atoms with Gasteiger partial charge in [0.1, 0.15) is 0 Å². The summed E-state index contributed by atoms with van der Waals surface area (Å²) in [4.78, 5) is 15.9. The lowest BCUT2D eigenvalue weighted by atomic mass is 9.49. The number of amides is 1. The Kier molecular flexibility index (Phi) is 4.26. The molecule has 1 spiro atoms. The normalized spacial score (nSPS) is 32.7. The first kappa shape index (κ1) is 21.3. The van der Waals surface area contributed by atoms with Crippen LogP contribution in [0.3, 0.4) is 0 Å². The van der Waals surface area contributed by atoms with Gasteiger partial charge < -0.3 is 26.0 Å². The van der Waals surface area contributed by atoms with E-state index in [9.17, 15) is 15.0 Å². The summed E-state index contributed by atoms with van der Waals surface area (Å²) in [6, 6.07) is 11.2. The number of hydrogen-bond acceptors (Lipinski definition) is 6. The number of anilines is 1. The summed E-state index contributed by atoms with van der Waals surface area (Å²) >= 11 is 0. The Morgan fingerprint density at radius 2 is 2.06 bits per heavy atom. The summed E-state index contributed by atoms with van der Waals surface area (Å²) in [6.07, 6.45) is 3.29. The highest BCUT2D eigenvalue weighted by molar-refractivity contribution is 6.05. The molecule has 5 aliphatic rings. The number of benzene rings is 2. The number of piperidine rings is 1. The van der Waals surface area contributed by atoms with E-state index in [2.05, 4.69) is 10.2 Å². The van der Waals surface area contributed by atoms with Gasteiger partial charge in [0.2, 0.25) is 0 Å². The Morgan fingerprint density at radius 3 is 2.80 bits per heavy atom. The molecule has 7 rings (SSSR count). The molecule has 0 unspecified atom stereocenters. The number of para-hydroxylation sites is 1. The molecule has 2 aromatic carbocycles. The standard InChI is InChI=1S/C28H31N3O4/c1-15-11-17-12-20-28(34)13-19(26(33)30-18-5-3-2-4-6-18)22(29)25-27(28,21(17)24(35-25)23(15)32)9-10-31(20)14-16-7-8-16/h2-6,11,16,20,25,32,34H,7-10,12-14,29H2,1H3,(H,30,33)/t20-,25+,27+,28-/m1/s1. The second-order valence-corrected chi connectivity index (χ2v) is 11.1. The van der Waals surface area contributed by atoms with E-state index < -0.39 is 17.1 Å². The molecule has 182 valence electrons. The number of hydrogen-bond donors (Lipinski definition) is 4. The molecule has 3 aliphatic carbocycles. The highest BCUT2D eigenvalue weighted by Crippen LogP contribution is 2.66. The highest BCUT2D eigenvalue weighted by atomic mass is 16.5. The number of ether oxygens (including phenoxy) is 1. The lowest BCUT2D eigenvalue weighted by Gasteiger charge is -2.63. The van der Waals surface area contributed by atoms with Gasteiger partial charge in [-0.05, 0) is 68.3 Å². The molecule has 2 bridgehead atoms. The van der Waals surface area contributed by atoms with Crippen molar-refractivity contribution >= 4 is 11.6 Å². The summed E-state index contributed by atoms with van der Waals surface area (Å²) < 4.78 is 6.44. The van der Waals surface area contributed by atoms with Gasteiger partial charge in [-0.25, -0.2) is 0 Å². The second-order valence-electron chi connectivity index (χ2n) is 11.1. The van der Waals surface area contributed by atoms with Crippen molar-refractivity contribution in [2.75, 3.05) is 18.4 Å². The van der Waals surface area contributed by atoms with Crippen LogP contribution in [0, 0.1) is 12.8 Å². The molecule has 2 heterocycles. The van der Waals surface area contributed by atoms with Gasteiger partial charge in [-0.15, -0.1) is 0 Å². The van der Waals surface area contributed by atoms with Crippen molar-refractivity contribution < 1.29 is 19.7 Å². The van der Waals surface area contributed by atoms with Crippen LogP contribution in [0.5, 0.6) is 11.5 Å². The third kappa shape index (κ3) is 2.71. The maximum absolute atomic E-state index is 13.5. The molecule has 1 saturated carbocycles. The maximum atomic E-state index is 13.5. The molecule has 0 aromatic heterocycles. The Morgan fingerprint density at radius 1 is 1.29 bits per heavy atom. The molecule has 1 saturated heterocycles. The first-order chi connectivity index (χ1) is 16.8. The smallest absolute Gasteiger partial charge is 0.253 e. The van der Waals surface area contributed by atoms with Crippen LogP contribution in [0.25, 0.3) is 0 Å². The number of likely N-dealkylation sites (tertiary alicyclic amines) is 1. The molecular weight excluding hydrogens is 442 g/mol. The lowest BCUT2D eigenvalue weighted by molar-refractivity contribution is -0.167. The number of aliphatic hydroxyl groups is 1. The molecular formula is C28H31N3O4. The van der Waals surface area contributed by atoms with Crippen molar-refractivity contribution in [2.24, 2.45) is 11.7 Å². The predicted octanol–water partition coefficient (Wildman–Crippen LogP) is 2.73. The number of nitrogens with one attached hydrogen (secondary N) is 1. The fourth-order valence-corrected chi connectivity index (χ4v) is 7.38. The molecule has 2 aliphatic heterocycles. The van der Waals surface area contributed by atoms with E-state index in [1.807, 2.05) is 43.3 Å². The molecule has 35 heavy (non-hydrogen) atoms. The number of phenols is 1. The quantitative estimate of drug-likeness (QED) is 0.544. The van der Waals surface area contributed by atoms with Gasteiger partial charge in [-0.1, -0.05) is 24.3 Å². The van der Waals surface area contributed by atoms with Crippen LogP contribution >= 0.6 is 0 Å². The fraction of sp³-hybridized carbons (Fsp3) is 0.464. The minimum absolute atomic E-state index is 0.108. The van der Waals surface area contributed by atoms with Gasteiger partial charge >= 0.3 is 0 Å². The monoisotopic (exact) mass is 473 g/mol. The number of phenolic OH excluding ortho intramolecular Hbond substituents is 1. The zero-order valence-electron chi connectivity index (χ0n) is 19.9. The summed E-state index contributed by atoms with van der Waals surface area (Å²) in [6.45, 7) is 3.69. The van der Waals surface area contributed by atoms with E-state index in [0.29, 0.717) is 41.5 Å². The average molecular weight is 474 g/mol. The number of carbonyl (C=O) groups is 1. The summed E-state index contributed by atoms with van der Waals surface area (Å²) in [5.41, 5.74) is 8.93. The van der Waals surface area contributed by atoms with Crippen molar-refractivity contribution in [1.82, 2.24) is 4.90 Å². The molecule has 0 radical (unpaired) electrons. The van der Waals surface area contributed by atoms with Crippen LogP contribution in [0.15, 0.2) is 47.7 Å². The number of aryl methyl sites for hydroxylation is 1. The van der Waals surface area contributed by atoms with Crippen molar-refractivity contribution in [3.63, 3.8) is 0 Å². The van der Waals surface area contributed by atoms with Gasteiger partial charge in [0, 0.05) is 35.8 Å². The van der Waals surface area contributed by atoms with Crippen LogP contribution in [-0.2, 0) is 16.6 Å². The summed E-state index contributed by atoms with van der Waals surface area (Å²) in [5, 5.41) is 26.6. The minimum Gasteiger partial charge on any atom is -0.504 e. The van der Waals surface area contributed by atoms with Gasteiger partial charge in [0.15, 0.2) is 17.6 Å². The van der Waals surface area contributed by atoms with Crippen molar-refractivity contribution in [2.45, 2.75) is 62.2 Å². The van der Waals surface area contributed by atoms with Crippen molar-refractivity contribution in [1.29, 1.82) is 0 Å². The Labute approximate surface area is 204 Å². The third-order valence-corrected chi connectivity index (χ3v) is 9.20. The van der Waals surface area contributed by atoms with Crippen molar-refractivity contribution in [3.8, 4) is 11.5 Å². The maximum Gasteiger partial charge on any atom is 0.253 e. The third-order valence-electron chi connectivity index (χ3n) is 9.20. The van der Waals surface area contributed by atoms with Gasteiger partial charge in [0.25, 0.3) is 5.91 Å². The topological polar surface area (TPSA) is 108 Å². The Hall–Kier alpha value is -3.03. The van der Waals surface area contributed by atoms with Crippen LogP contribution in [0.1, 0.15) is 42.4 Å². The molecule has 7 heteroatoms. The van der Waals surface area contributed by atoms with Crippen LogP contribution < -0.4 is 15.8 Å².